The van der Waals surface area contributed by atoms with Gasteiger partial charge in [0.05, 0.1) is 5.69 Å². The summed E-state index contributed by atoms with van der Waals surface area (Å²) in [5.74, 6) is -1.32. The van der Waals surface area contributed by atoms with E-state index in [1.165, 1.54) is 0 Å². The van der Waals surface area contributed by atoms with Gasteiger partial charge in [0.1, 0.15) is 5.56 Å². The minimum atomic E-state index is -0.745. The summed E-state index contributed by atoms with van der Waals surface area (Å²) in [6.07, 6.45) is 0. The molecule has 0 fully saturated rings. The third-order valence-corrected chi connectivity index (χ3v) is 2.76. The van der Waals surface area contributed by atoms with Crippen molar-refractivity contribution in [2.24, 2.45) is 0 Å². The average molecular weight is 289 g/mol. The summed E-state index contributed by atoms with van der Waals surface area (Å²) in [6, 6.07) is 7.25. The van der Waals surface area contributed by atoms with E-state index in [4.69, 9.17) is 10.5 Å². The molecule has 21 heavy (non-hydrogen) atoms. The highest BCUT2D eigenvalue weighted by Gasteiger charge is 2.20. The molecule has 1 heterocycles. The number of rotatable bonds is 4. The van der Waals surface area contributed by atoms with Gasteiger partial charge in [-0.25, -0.2) is 4.79 Å². The number of hydrogen-bond acceptors (Lipinski definition) is 6. The molecule has 7 nitrogen and oxygen atoms in total. The molecule has 0 aliphatic heterocycles. The number of nitrogens with one attached hydrogen (secondary N) is 1. The molecule has 0 unspecified atom stereocenters. The summed E-state index contributed by atoms with van der Waals surface area (Å²) < 4.78 is 9.53. The van der Waals surface area contributed by atoms with Gasteiger partial charge in [0.25, 0.3) is 5.91 Å². The van der Waals surface area contributed by atoms with Crippen LogP contribution in [0.5, 0.6) is 0 Å². The number of esters is 1. The molecule has 0 spiro atoms. The molecule has 0 bridgehead atoms. The summed E-state index contributed by atoms with van der Waals surface area (Å²) in [5.41, 5.74) is 7.52. The quantitative estimate of drug-likeness (QED) is 0.829. The lowest BCUT2D eigenvalue weighted by Gasteiger charge is -2.06. The first kappa shape index (κ1) is 14.6. The molecule has 0 saturated carbocycles. The van der Waals surface area contributed by atoms with Crippen molar-refractivity contribution in [3.05, 3.63) is 41.1 Å². The number of ether oxygens (including phenoxy) is 1. The molecule has 1 aromatic carbocycles. The van der Waals surface area contributed by atoms with Crippen molar-refractivity contribution in [3.8, 4) is 0 Å². The van der Waals surface area contributed by atoms with Gasteiger partial charge < -0.3 is 20.3 Å². The summed E-state index contributed by atoms with van der Waals surface area (Å²) in [6.45, 7) is 3.08. The van der Waals surface area contributed by atoms with Gasteiger partial charge in [0.15, 0.2) is 6.61 Å². The monoisotopic (exact) mass is 289 g/mol. The molecule has 0 atom stereocenters. The predicted molar refractivity (Wildman–Crippen MR) is 75.7 cm³/mol. The lowest BCUT2D eigenvalue weighted by atomic mass is 10.2. The van der Waals surface area contributed by atoms with E-state index in [1.54, 1.807) is 19.1 Å². The minimum absolute atomic E-state index is 0.0399. The number of carbonyl (C=O) groups excluding carboxylic acids is 2. The van der Waals surface area contributed by atoms with Crippen LogP contribution in [0, 0.1) is 13.8 Å². The van der Waals surface area contributed by atoms with Gasteiger partial charge >= 0.3 is 5.97 Å². The lowest BCUT2D eigenvalue weighted by Crippen LogP contribution is -2.21. The topological polar surface area (TPSA) is 107 Å². The standard InChI is InChI=1S/C14H15N3O4/c1-8-3-5-10(6-4-8)16-11(18)7-20-14(19)12-9(2)17-21-13(12)15/h3-6H,7,15H2,1-2H3,(H,16,18). The molecule has 0 saturated heterocycles. The summed E-state index contributed by atoms with van der Waals surface area (Å²) >= 11 is 0. The zero-order valence-electron chi connectivity index (χ0n) is 11.7. The fraction of sp³-hybridized carbons (Fsp3) is 0.214. The van der Waals surface area contributed by atoms with Gasteiger partial charge in [-0.3, -0.25) is 4.79 Å². The lowest BCUT2D eigenvalue weighted by molar-refractivity contribution is -0.119. The largest absolute Gasteiger partial charge is 0.452 e. The van der Waals surface area contributed by atoms with Crippen LogP contribution in [0.1, 0.15) is 21.6 Å². The number of carbonyl (C=O) groups is 2. The van der Waals surface area contributed by atoms with Gasteiger partial charge in [-0.05, 0) is 26.0 Å². The van der Waals surface area contributed by atoms with E-state index < -0.39 is 18.5 Å². The molecule has 0 aliphatic carbocycles. The van der Waals surface area contributed by atoms with E-state index >= 15 is 0 Å². The van der Waals surface area contributed by atoms with Gasteiger partial charge in [0, 0.05) is 5.69 Å². The highest BCUT2D eigenvalue weighted by atomic mass is 16.5. The number of nitrogen functional groups attached to an aromatic ring is 1. The number of aryl methyl sites for hydroxylation is 2. The molecule has 2 aromatic rings. The van der Waals surface area contributed by atoms with E-state index in [0.29, 0.717) is 11.4 Å². The van der Waals surface area contributed by atoms with Crippen LogP contribution in [-0.4, -0.2) is 23.6 Å². The summed E-state index contributed by atoms with van der Waals surface area (Å²) in [4.78, 5) is 23.4. The first-order chi connectivity index (χ1) is 9.97. The Kier molecular flexibility index (Phi) is 4.22. The average Bonchev–Trinajstić information content (AvgIpc) is 2.78. The first-order valence-corrected chi connectivity index (χ1v) is 6.22. The van der Waals surface area contributed by atoms with Crippen molar-refractivity contribution in [2.75, 3.05) is 17.7 Å². The molecular weight excluding hydrogens is 274 g/mol. The molecule has 7 heteroatoms. The van der Waals surface area contributed by atoms with Crippen molar-refractivity contribution < 1.29 is 18.8 Å². The molecular formula is C14H15N3O4. The molecule has 0 radical (unpaired) electrons. The van der Waals surface area contributed by atoms with Crippen LogP contribution < -0.4 is 11.1 Å². The maximum Gasteiger partial charge on any atom is 0.346 e. The maximum absolute atomic E-state index is 11.8. The summed E-state index contributed by atoms with van der Waals surface area (Å²) in [7, 11) is 0. The Labute approximate surface area is 121 Å². The number of aromatic nitrogens is 1. The van der Waals surface area contributed by atoms with E-state index in [0.717, 1.165) is 5.56 Å². The number of hydrogen-bond donors (Lipinski definition) is 2. The van der Waals surface area contributed by atoms with Crippen LogP contribution in [0.4, 0.5) is 11.6 Å². The highest BCUT2D eigenvalue weighted by molar-refractivity contribution is 5.98. The second kappa shape index (κ2) is 6.08. The molecule has 0 aliphatic rings. The Morgan fingerprint density at radius 1 is 1.29 bits per heavy atom. The maximum atomic E-state index is 11.8. The number of nitrogens with zero attached hydrogens (tertiary/aromatic N) is 1. The SMILES string of the molecule is Cc1ccc(NC(=O)COC(=O)c2c(C)noc2N)cc1. The predicted octanol–water partition coefficient (Wildman–Crippen LogP) is 1.67. The van der Waals surface area contributed by atoms with Gasteiger partial charge in [-0.2, -0.15) is 0 Å². The fourth-order valence-corrected chi connectivity index (χ4v) is 1.67. The van der Waals surface area contributed by atoms with Crippen molar-refractivity contribution >= 4 is 23.4 Å². The second-order valence-electron chi connectivity index (χ2n) is 4.50. The van der Waals surface area contributed by atoms with Crippen LogP contribution in [0.25, 0.3) is 0 Å². The zero-order chi connectivity index (χ0) is 15.4. The summed E-state index contributed by atoms with van der Waals surface area (Å²) in [5, 5.41) is 6.15. The number of anilines is 2. The molecule has 3 N–H and O–H groups in total. The van der Waals surface area contributed by atoms with Crippen molar-refractivity contribution in [1.82, 2.24) is 5.16 Å². The molecule has 1 amide bonds. The Morgan fingerprint density at radius 3 is 2.52 bits per heavy atom. The van der Waals surface area contributed by atoms with Crippen molar-refractivity contribution in [1.29, 1.82) is 0 Å². The number of amides is 1. The normalized spacial score (nSPS) is 10.2. The Balaban J connectivity index is 1.89. The van der Waals surface area contributed by atoms with E-state index in [1.807, 2.05) is 19.1 Å². The van der Waals surface area contributed by atoms with Crippen molar-refractivity contribution in [2.45, 2.75) is 13.8 Å². The third-order valence-electron chi connectivity index (χ3n) is 2.76. The van der Waals surface area contributed by atoms with E-state index in [-0.39, 0.29) is 11.4 Å². The molecule has 110 valence electrons. The first-order valence-electron chi connectivity index (χ1n) is 6.22. The highest BCUT2D eigenvalue weighted by Crippen LogP contribution is 2.16. The number of benzene rings is 1. The van der Waals surface area contributed by atoms with Crippen LogP contribution in [-0.2, 0) is 9.53 Å². The number of nitrogens with two attached hydrogens (primary N) is 1. The van der Waals surface area contributed by atoms with E-state index in [9.17, 15) is 9.59 Å². The minimum Gasteiger partial charge on any atom is -0.452 e. The van der Waals surface area contributed by atoms with E-state index in [2.05, 4.69) is 15.0 Å². The smallest absolute Gasteiger partial charge is 0.346 e. The fourth-order valence-electron chi connectivity index (χ4n) is 1.67. The Hall–Kier alpha value is -2.83. The van der Waals surface area contributed by atoms with Crippen LogP contribution in [0.2, 0.25) is 0 Å². The van der Waals surface area contributed by atoms with Gasteiger partial charge in [-0.1, -0.05) is 22.9 Å². The molecule has 2 rings (SSSR count). The van der Waals surface area contributed by atoms with Gasteiger partial charge in [-0.15, -0.1) is 0 Å². The Morgan fingerprint density at radius 2 is 1.95 bits per heavy atom. The molecule has 1 aromatic heterocycles. The van der Waals surface area contributed by atoms with Crippen molar-refractivity contribution in [3.63, 3.8) is 0 Å². The third kappa shape index (κ3) is 3.59. The zero-order valence-corrected chi connectivity index (χ0v) is 11.7. The van der Waals surface area contributed by atoms with Crippen LogP contribution in [0.15, 0.2) is 28.8 Å². The van der Waals surface area contributed by atoms with Crippen LogP contribution in [0.3, 0.4) is 0 Å². The van der Waals surface area contributed by atoms with Gasteiger partial charge in [0.2, 0.25) is 5.88 Å². The second-order valence-corrected chi connectivity index (χ2v) is 4.50. The Bertz CT molecular complexity index is 642. The van der Waals surface area contributed by atoms with Crippen LogP contribution >= 0.6 is 0 Å².